The van der Waals surface area contributed by atoms with Crippen LogP contribution in [0.4, 0.5) is 0 Å². The molecule has 1 fully saturated rings. The number of nitrogens with zero attached hydrogens (tertiary/aromatic N) is 1. The molecule has 6 nitrogen and oxygen atoms in total. The Kier molecular flexibility index (Phi) is 4.12. The van der Waals surface area contributed by atoms with Crippen LogP contribution in [-0.4, -0.2) is 48.4 Å². The summed E-state index contributed by atoms with van der Waals surface area (Å²) in [6.45, 7) is 4.48. The third-order valence-electron chi connectivity index (χ3n) is 4.22. The Morgan fingerprint density at radius 2 is 1.83 bits per heavy atom. The fraction of sp³-hybridized carbons (Fsp3) is 0.529. The van der Waals surface area contributed by atoms with Gasteiger partial charge in [0.2, 0.25) is 0 Å². The summed E-state index contributed by atoms with van der Waals surface area (Å²) in [5.41, 5.74) is 2.38. The Hall–Kier alpha value is -1.92. The first kappa shape index (κ1) is 16.0. The molecular formula is C17H21NO5. The molecule has 2 atom stereocenters. The Bertz CT molecular complexity index is 627. The van der Waals surface area contributed by atoms with Crippen LogP contribution in [-0.2, 0) is 36.8 Å². The fourth-order valence-electron chi connectivity index (χ4n) is 3.09. The minimum absolute atomic E-state index is 0.236. The predicted molar refractivity (Wildman–Crippen MR) is 81.4 cm³/mol. The van der Waals surface area contributed by atoms with Crippen molar-refractivity contribution < 1.29 is 23.8 Å². The van der Waals surface area contributed by atoms with Gasteiger partial charge in [-0.2, -0.15) is 0 Å². The quantitative estimate of drug-likeness (QED) is 0.768. The van der Waals surface area contributed by atoms with Gasteiger partial charge in [-0.1, -0.05) is 24.3 Å². The lowest BCUT2D eigenvalue weighted by atomic mass is 9.99. The first-order valence-corrected chi connectivity index (χ1v) is 7.70. The van der Waals surface area contributed by atoms with Crippen molar-refractivity contribution in [1.29, 1.82) is 0 Å². The van der Waals surface area contributed by atoms with Crippen LogP contribution in [0.25, 0.3) is 0 Å². The molecule has 0 unspecified atom stereocenters. The molecule has 0 N–H and O–H groups in total. The van der Waals surface area contributed by atoms with Gasteiger partial charge in [-0.05, 0) is 31.4 Å². The van der Waals surface area contributed by atoms with Gasteiger partial charge in [0.25, 0.3) is 5.91 Å². The standard InChI is InChI=1S/C17H21NO5/c1-17(2)22-13(14(23-17)16(20)21-3)15(19)18-9-8-11-6-4-5-7-12(11)10-18/h4-7,13-14H,8-10H2,1-3H3/t13-,14-/m1/s1. The van der Waals surface area contributed by atoms with E-state index in [2.05, 4.69) is 6.07 Å². The second kappa shape index (κ2) is 5.94. The summed E-state index contributed by atoms with van der Waals surface area (Å²) in [6, 6.07) is 8.05. The molecule has 2 heterocycles. The van der Waals surface area contributed by atoms with Crippen molar-refractivity contribution >= 4 is 11.9 Å². The van der Waals surface area contributed by atoms with E-state index in [1.165, 1.54) is 12.7 Å². The highest BCUT2D eigenvalue weighted by Crippen LogP contribution is 2.31. The molecule has 0 radical (unpaired) electrons. The zero-order valence-corrected chi connectivity index (χ0v) is 13.6. The van der Waals surface area contributed by atoms with Gasteiger partial charge >= 0.3 is 5.97 Å². The fourth-order valence-corrected chi connectivity index (χ4v) is 3.09. The van der Waals surface area contributed by atoms with E-state index < -0.39 is 24.0 Å². The van der Waals surface area contributed by atoms with Crippen LogP contribution in [0, 0.1) is 0 Å². The van der Waals surface area contributed by atoms with Crippen LogP contribution in [0.3, 0.4) is 0 Å². The Morgan fingerprint density at radius 3 is 2.52 bits per heavy atom. The van der Waals surface area contributed by atoms with Gasteiger partial charge in [0, 0.05) is 13.1 Å². The number of ether oxygens (including phenoxy) is 3. The molecule has 1 aromatic rings. The van der Waals surface area contributed by atoms with Gasteiger partial charge in [0.1, 0.15) is 0 Å². The van der Waals surface area contributed by atoms with Crippen LogP contribution in [0.1, 0.15) is 25.0 Å². The first-order valence-electron chi connectivity index (χ1n) is 7.70. The molecular weight excluding hydrogens is 298 g/mol. The molecule has 6 heteroatoms. The van der Waals surface area contributed by atoms with E-state index >= 15 is 0 Å². The SMILES string of the molecule is COC(=O)[C@@H]1OC(C)(C)O[C@H]1C(=O)N1CCc2ccccc2C1. The number of carbonyl (C=O) groups excluding carboxylic acids is 2. The minimum Gasteiger partial charge on any atom is -0.467 e. The first-order chi connectivity index (χ1) is 10.9. The van der Waals surface area contributed by atoms with Gasteiger partial charge in [-0.15, -0.1) is 0 Å². The number of hydrogen-bond acceptors (Lipinski definition) is 5. The van der Waals surface area contributed by atoms with Gasteiger partial charge in [-0.25, -0.2) is 4.79 Å². The summed E-state index contributed by atoms with van der Waals surface area (Å²) in [5, 5.41) is 0. The lowest BCUT2D eigenvalue weighted by molar-refractivity contribution is -0.169. The van der Waals surface area contributed by atoms with Gasteiger partial charge < -0.3 is 19.1 Å². The number of fused-ring (bicyclic) bond motifs is 1. The maximum atomic E-state index is 12.8. The third kappa shape index (κ3) is 3.09. The summed E-state index contributed by atoms with van der Waals surface area (Å²) in [4.78, 5) is 26.5. The molecule has 3 rings (SSSR count). The lowest BCUT2D eigenvalue weighted by Crippen LogP contribution is -2.48. The van der Waals surface area contributed by atoms with Crippen LogP contribution < -0.4 is 0 Å². The smallest absolute Gasteiger partial charge is 0.338 e. The highest BCUT2D eigenvalue weighted by molar-refractivity contribution is 5.89. The largest absolute Gasteiger partial charge is 0.467 e. The van der Waals surface area contributed by atoms with Crippen LogP contribution >= 0.6 is 0 Å². The summed E-state index contributed by atoms with van der Waals surface area (Å²) in [6.07, 6.45) is -1.20. The highest BCUT2D eigenvalue weighted by atomic mass is 16.8. The second-order valence-corrected chi connectivity index (χ2v) is 6.28. The molecule has 124 valence electrons. The zero-order chi connectivity index (χ0) is 16.6. The van der Waals surface area contributed by atoms with Crippen molar-refractivity contribution in [3.63, 3.8) is 0 Å². The number of hydrogen-bond donors (Lipinski definition) is 0. The number of amides is 1. The molecule has 1 aromatic carbocycles. The number of carbonyl (C=O) groups is 2. The number of esters is 1. The number of methoxy groups -OCH3 is 1. The molecule has 0 bridgehead atoms. The van der Waals surface area contributed by atoms with E-state index in [0.717, 1.165) is 12.0 Å². The number of rotatable bonds is 2. The molecule has 1 amide bonds. The molecule has 2 aliphatic heterocycles. The average Bonchev–Trinajstić information content (AvgIpc) is 2.88. The molecule has 0 spiro atoms. The molecule has 1 saturated heterocycles. The summed E-state index contributed by atoms with van der Waals surface area (Å²) < 4.78 is 16.0. The van der Waals surface area contributed by atoms with E-state index in [1.54, 1.807) is 18.7 Å². The normalized spacial score (nSPS) is 25.8. The third-order valence-corrected chi connectivity index (χ3v) is 4.22. The monoisotopic (exact) mass is 319 g/mol. The second-order valence-electron chi connectivity index (χ2n) is 6.28. The minimum atomic E-state index is -1.03. The van der Waals surface area contributed by atoms with Gasteiger partial charge in [-0.3, -0.25) is 4.79 Å². The van der Waals surface area contributed by atoms with E-state index in [1.807, 2.05) is 18.2 Å². The van der Waals surface area contributed by atoms with Crippen LogP contribution in [0.2, 0.25) is 0 Å². The van der Waals surface area contributed by atoms with Crippen molar-refractivity contribution in [2.75, 3.05) is 13.7 Å². The summed E-state index contributed by atoms with van der Waals surface area (Å²) in [7, 11) is 1.27. The number of benzene rings is 1. The Labute approximate surface area is 135 Å². The average molecular weight is 319 g/mol. The van der Waals surface area contributed by atoms with E-state index in [9.17, 15) is 9.59 Å². The van der Waals surface area contributed by atoms with Crippen molar-refractivity contribution in [3.8, 4) is 0 Å². The molecule has 23 heavy (non-hydrogen) atoms. The Morgan fingerprint density at radius 1 is 1.17 bits per heavy atom. The Balaban J connectivity index is 1.78. The summed E-state index contributed by atoms with van der Waals surface area (Å²) in [5.74, 6) is -1.82. The molecule has 0 aromatic heterocycles. The van der Waals surface area contributed by atoms with E-state index in [4.69, 9.17) is 14.2 Å². The van der Waals surface area contributed by atoms with Crippen molar-refractivity contribution in [2.24, 2.45) is 0 Å². The predicted octanol–water partition coefficient (Wildman–Crippen LogP) is 1.26. The zero-order valence-electron chi connectivity index (χ0n) is 13.6. The molecule has 2 aliphatic rings. The van der Waals surface area contributed by atoms with E-state index in [0.29, 0.717) is 13.1 Å². The van der Waals surface area contributed by atoms with Gasteiger partial charge in [0.05, 0.1) is 7.11 Å². The topological polar surface area (TPSA) is 65.1 Å². The van der Waals surface area contributed by atoms with Crippen LogP contribution in [0.15, 0.2) is 24.3 Å². The van der Waals surface area contributed by atoms with Crippen LogP contribution in [0.5, 0.6) is 0 Å². The van der Waals surface area contributed by atoms with E-state index in [-0.39, 0.29) is 5.91 Å². The lowest BCUT2D eigenvalue weighted by Gasteiger charge is -2.31. The van der Waals surface area contributed by atoms with Crippen molar-refractivity contribution in [1.82, 2.24) is 4.90 Å². The molecule has 0 aliphatic carbocycles. The molecule has 0 saturated carbocycles. The van der Waals surface area contributed by atoms with Crippen molar-refractivity contribution in [2.45, 2.75) is 44.8 Å². The van der Waals surface area contributed by atoms with Crippen molar-refractivity contribution in [3.05, 3.63) is 35.4 Å². The summed E-state index contributed by atoms with van der Waals surface area (Å²) >= 11 is 0. The highest BCUT2D eigenvalue weighted by Gasteiger charge is 2.50. The van der Waals surface area contributed by atoms with Gasteiger partial charge in [0.15, 0.2) is 18.0 Å². The maximum Gasteiger partial charge on any atom is 0.338 e. The maximum absolute atomic E-state index is 12.8.